The molecule has 0 amide bonds. The maximum atomic E-state index is 8.87. The number of hydrogen-bond donors (Lipinski definition) is 0. The third kappa shape index (κ3) is 3.54. The van der Waals surface area contributed by atoms with Gasteiger partial charge in [-0.1, -0.05) is 18.2 Å². The Hall–Kier alpha value is -2.03. The van der Waals surface area contributed by atoms with Gasteiger partial charge in [-0.15, -0.1) is 0 Å². The highest BCUT2D eigenvalue weighted by Crippen LogP contribution is 2.29. The summed E-state index contributed by atoms with van der Waals surface area (Å²) in [5.41, 5.74) is 1.07. The Labute approximate surface area is 124 Å². The van der Waals surface area contributed by atoms with Crippen molar-refractivity contribution in [1.82, 2.24) is 4.90 Å². The molecule has 5 heteroatoms. The number of allylic oxidation sites excluding steroid dienone is 4. The maximum absolute atomic E-state index is 8.87. The number of morpholine rings is 1. The molecule has 3 rings (SSSR count). The molecule has 0 radical (unpaired) electrons. The standard InChI is InChI=1S/C16H18N2O3/c17-9-15-11-20-12-16(21-15)14-3-1-2-13(8-14)10-18-4-6-19-7-5-18/h1-3,11-13H,4-8,10H2. The van der Waals surface area contributed by atoms with Gasteiger partial charge in [-0.2, -0.15) is 5.26 Å². The van der Waals surface area contributed by atoms with Crippen molar-refractivity contribution in [3.8, 4) is 6.07 Å². The minimum Gasteiger partial charge on any atom is -0.464 e. The largest absolute Gasteiger partial charge is 0.464 e. The number of nitrogens with zero attached hydrogens (tertiary/aromatic N) is 2. The van der Waals surface area contributed by atoms with Gasteiger partial charge in [-0.3, -0.25) is 4.90 Å². The van der Waals surface area contributed by atoms with Gasteiger partial charge in [0.05, 0.1) is 13.2 Å². The highest BCUT2D eigenvalue weighted by atomic mass is 16.5. The van der Waals surface area contributed by atoms with Crippen molar-refractivity contribution in [1.29, 1.82) is 5.26 Å². The van der Waals surface area contributed by atoms with Gasteiger partial charge in [-0.25, -0.2) is 0 Å². The summed E-state index contributed by atoms with van der Waals surface area (Å²) in [7, 11) is 0. The molecule has 2 heterocycles. The van der Waals surface area contributed by atoms with E-state index in [0.29, 0.717) is 11.7 Å². The van der Waals surface area contributed by atoms with Crippen LogP contribution < -0.4 is 0 Å². The molecule has 5 nitrogen and oxygen atoms in total. The van der Waals surface area contributed by atoms with E-state index >= 15 is 0 Å². The number of ether oxygens (including phenoxy) is 3. The number of nitriles is 1. The Morgan fingerprint density at radius 2 is 2.14 bits per heavy atom. The molecule has 0 bridgehead atoms. The summed E-state index contributed by atoms with van der Waals surface area (Å²) in [6, 6.07) is 1.96. The van der Waals surface area contributed by atoms with Crippen LogP contribution in [0.5, 0.6) is 0 Å². The van der Waals surface area contributed by atoms with Gasteiger partial charge in [0.1, 0.15) is 18.6 Å². The average Bonchev–Trinajstić information content (AvgIpc) is 2.56. The molecule has 1 fully saturated rings. The van der Waals surface area contributed by atoms with E-state index in [1.807, 2.05) is 12.1 Å². The molecule has 1 unspecified atom stereocenters. The first-order valence-electron chi connectivity index (χ1n) is 7.17. The molecule has 2 aliphatic heterocycles. The van der Waals surface area contributed by atoms with Gasteiger partial charge in [-0.05, 0) is 17.9 Å². The monoisotopic (exact) mass is 286 g/mol. The van der Waals surface area contributed by atoms with Crippen LogP contribution in [0.15, 0.2) is 47.8 Å². The molecule has 0 saturated carbocycles. The van der Waals surface area contributed by atoms with Crippen molar-refractivity contribution in [2.24, 2.45) is 5.92 Å². The highest BCUT2D eigenvalue weighted by Gasteiger charge is 2.21. The molecule has 1 atom stereocenters. The molecule has 0 N–H and O–H groups in total. The Bertz CT molecular complexity index is 548. The zero-order valence-corrected chi connectivity index (χ0v) is 11.8. The third-order valence-corrected chi connectivity index (χ3v) is 3.76. The molecule has 110 valence electrons. The summed E-state index contributed by atoms with van der Waals surface area (Å²) in [6.07, 6.45) is 10.1. The molecule has 0 aromatic heterocycles. The summed E-state index contributed by atoms with van der Waals surface area (Å²) in [5, 5.41) is 8.87. The van der Waals surface area contributed by atoms with Crippen LogP contribution in [-0.4, -0.2) is 37.7 Å². The Morgan fingerprint density at radius 3 is 2.95 bits per heavy atom. The van der Waals surface area contributed by atoms with Crippen molar-refractivity contribution >= 4 is 0 Å². The normalized spacial score (nSPS) is 25.9. The van der Waals surface area contributed by atoms with Gasteiger partial charge >= 0.3 is 0 Å². The van der Waals surface area contributed by atoms with Crippen LogP contribution in [0, 0.1) is 17.2 Å². The first-order chi connectivity index (χ1) is 10.3. The van der Waals surface area contributed by atoms with Crippen LogP contribution in [0.25, 0.3) is 0 Å². The van der Waals surface area contributed by atoms with Gasteiger partial charge < -0.3 is 14.2 Å². The van der Waals surface area contributed by atoms with Crippen LogP contribution in [0.4, 0.5) is 0 Å². The summed E-state index contributed by atoms with van der Waals surface area (Å²) in [6.45, 7) is 4.64. The minimum absolute atomic E-state index is 0.188. The Balaban J connectivity index is 1.59. The quantitative estimate of drug-likeness (QED) is 0.795. The van der Waals surface area contributed by atoms with E-state index in [0.717, 1.165) is 44.8 Å². The average molecular weight is 286 g/mol. The maximum Gasteiger partial charge on any atom is 0.239 e. The lowest BCUT2D eigenvalue weighted by atomic mass is 9.92. The van der Waals surface area contributed by atoms with Crippen LogP contribution in [0.3, 0.4) is 0 Å². The summed E-state index contributed by atoms with van der Waals surface area (Å²) < 4.78 is 16.1. The zero-order chi connectivity index (χ0) is 14.5. The predicted octanol–water partition coefficient (Wildman–Crippen LogP) is 2.07. The van der Waals surface area contributed by atoms with Crippen LogP contribution in [0.1, 0.15) is 6.42 Å². The predicted molar refractivity (Wildman–Crippen MR) is 76.5 cm³/mol. The van der Waals surface area contributed by atoms with Crippen LogP contribution >= 0.6 is 0 Å². The second-order valence-electron chi connectivity index (χ2n) is 5.27. The zero-order valence-electron chi connectivity index (χ0n) is 11.8. The minimum atomic E-state index is 0.188. The van der Waals surface area contributed by atoms with Crippen molar-refractivity contribution in [3.63, 3.8) is 0 Å². The van der Waals surface area contributed by atoms with E-state index in [1.165, 1.54) is 6.26 Å². The molecular weight excluding hydrogens is 268 g/mol. The second kappa shape index (κ2) is 6.61. The number of hydrogen-bond acceptors (Lipinski definition) is 5. The fourth-order valence-corrected chi connectivity index (χ4v) is 2.69. The van der Waals surface area contributed by atoms with Gasteiger partial charge in [0.2, 0.25) is 5.76 Å². The second-order valence-corrected chi connectivity index (χ2v) is 5.27. The Morgan fingerprint density at radius 1 is 1.29 bits per heavy atom. The van der Waals surface area contributed by atoms with Gasteiger partial charge in [0, 0.05) is 19.6 Å². The number of rotatable bonds is 3. The Kier molecular flexibility index (Phi) is 4.39. The fraction of sp³-hybridized carbons (Fsp3) is 0.438. The molecule has 1 saturated heterocycles. The van der Waals surface area contributed by atoms with E-state index in [-0.39, 0.29) is 5.76 Å². The molecule has 0 aromatic carbocycles. The lowest BCUT2D eigenvalue weighted by molar-refractivity contribution is 0.0333. The van der Waals surface area contributed by atoms with Gasteiger partial charge in [0.25, 0.3) is 0 Å². The lowest BCUT2D eigenvalue weighted by Crippen LogP contribution is -2.39. The van der Waals surface area contributed by atoms with E-state index in [1.54, 1.807) is 6.26 Å². The highest BCUT2D eigenvalue weighted by molar-refractivity contribution is 5.35. The summed E-state index contributed by atoms with van der Waals surface area (Å²) in [5.74, 6) is 1.27. The van der Waals surface area contributed by atoms with Crippen molar-refractivity contribution in [2.75, 3.05) is 32.8 Å². The van der Waals surface area contributed by atoms with E-state index in [4.69, 9.17) is 19.5 Å². The molecule has 1 aliphatic carbocycles. The van der Waals surface area contributed by atoms with Crippen LogP contribution in [0.2, 0.25) is 0 Å². The lowest BCUT2D eigenvalue weighted by Gasteiger charge is -2.30. The van der Waals surface area contributed by atoms with Crippen molar-refractivity contribution in [2.45, 2.75) is 6.42 Å². The topological polar surface area (TPSA) is 54.7 Å². The SMILES string of the molecule is N#CC1=COC=C(C2=CC=CC(CN3CCOCC3)C2)O1. The van der Waals surface area contributed by atoms with Gasteiger partial charge in [0.15, 0.2) is 5.76 Å². The fourth-order valence-electron chi connectivity index (χ4n) is 2.69. The summed E-state index contributed by atoms with van der Waals surface area (Å²) >= 11 is 0. The van der Waals surface area contributed by atoms with E-state index in [9.17, 15) is 0 Å². The molecule has 0 spiro atoms. The summed E-state index contributed by atoms with van der Waals surface area (Å²) in [4.78, 5) is 2.43. The molecule has 3 aliphatic rings. The molecular formula is C16H18N2O3. The van der Waals surface area contributed by atoms with Crippen molar-refractivity contribution in [3.05, 3.63) is 47.8 Å². The first-order valence-corrected chi connectivity index (χ1v) is 7.17. The van der Waals surface area contributed by atoms with E-state index in [2.05, 4.69) is 17.1 Å². The van der Waals surface area contributed by atoms with Crippen molar-refractivity contribution < 1.29 is 14.2 Å². The molecule has 0 aromatic rings. The van der Waals surface area contributed by atoms with Crippen LogP contribution in [-0.2, 0) is 14.2 Å². The smallest absolute Gasteiger partial charge is 0.239 e. The third-order valence-electron chi connectivity index (χ3n) is 3.76. The molecule has 21 heavy (non-hydrogen) atoms. The first kappa shape index (κ1) is 13.9. The van der Waals surface area contributed by atoms with E-state index < -0.39 is 0 Å².